The fraction of sp³-hybridized carbons (Fsp3) is 0.611. The van der Waals surface area contributed by atoms with Crippen LogP contribution in [-0.4, -0.2) is 49.7 Å². The van der Waals surface area contributed by atoms with E-state index in [-0.39, 0.29) is 12.5 Å². The van der Waals surface area contributed by atoms with Gasteiger partial charge in [0.2, 0.25) is 5.95 Å². The van der Waals surface area contributed by atoms with Crippen LogP contribution in [0, 0.1) is 5.92 Å². The van der Waals surface area contributed by atoms with Crippen molar-refractivity contribution in [2.45, 2.75) is 56.4 Å². The monoisotopic (exact) mass is 399 g/mol. The normalized spacial score (nSPS) is 29.7. The molecule has 2 aliphatic rings. The van der Waals surface area contributed by atoms with Gasteiger partial charge >= 0.3 is 0 Å². The largest absolute Gasteiger partial charge is 0.396 e. The van der Waals surface area contributed by atoms with E-state index in [1.807, 2.05) is 4.57 Å². The average molecular weight is 400 g/mol. The molecule has 3 unspecified atom stereocenters. The van der Waals surface area contributed by atoms with Crippen molar-refractivity contribution in [3.63, 3.8) is 0 Å². The highest BCUT2D eigenvalue weighted by molar-refractivity contribution is 6.42. The molecule has 1 heterocycles. The van der Waals surface area contributed by atoms with Gasteiger partial charge in [0, 0.05) is 18.6 Å². The molecular formula is C18H23Cl2N3O3. The summed E-state index contributed by atoms with van der Waals surface area (Å²) in [4.78, 5) is 4.69. The van der Waals surface area contributed by atoms with Crippen molar-refractivity contribution < 1.29 is 15.3 Å². The Morgan fingerprint density at radius 1 is 1.12 bits per heavy atom. The highest BCUT2D eigenvalue weighted by Gasteiger charge is 2.43. The van der Waals surface area contributed by atoms with Crippen molar-refractivity contribution in [3.05, 3.63) is 22.2 Å². The lowest BCUT2D eigenvalue weighted by Crippen LogP contribution is -2.31. The summed E-state index contributed by atoms with van der Waals surface area (Å²) >= 11 is 12.4. The maximum Gasteiger partial charge on any atom is 0.204 e. The van der Waals surface area contributed by atoms with E-state index in [0.29, 0.717) is 34.0 Å². The average Bonchev–Trinajstić information content (AvgIpc) is 3.30. The van der Waals surface area contributed by atoms with Gasteiger partial charge in [-0.3, -0.25) is 0 Å². The van der Waals surface area contributed by atoms with Gasteiger partial charge in [-0.1, -0.05) is 36.0 Å². The quantitative estimate of drug-likeness (QED) is 0.634. The zero-order valence-corrected chi connectivity index (χ0v) is 15.8. The van der Waals surface area contributed by atoms with Crippen molar-refractivity contribution in [2.24, 2.45) is 5.92 Å². The minimum absolute atomic E-state index is 0.167. The van der Waals surface area contributed by atoms with Gasteiger partial charge in [-0.2, -0.15) is 0 Å². The number of hydrogen-bond acceptors (Lipinski definition) is 5. The van der Waals surface area contributed by atoms with Gasteiger partial charge in [-0.15, -0.1) is 0 Å². The van der Waals surface area contributed by atoms with Gasteiger partial charge in [0.1, 0.15) is 6.10 Å². The first-order chi connectivity index (χ1) is 12.5. The molecule has 0 aliphatic heterocycles. The molecule has 0 amide bonds. The summed E-state index contributed by atoms with van der Waals surface area (Å²) in [7, 11) is 0. The number of imidazole rings is 1. The highest BCUT2D eigenvalue weighted by atomic mass is 35.5. The van der Waals surface area contributed by atoms with Crippen LogP contribution >= 0.6 is 23.2 Å². The Bertz CT molecular complexity index is 807. The van der Waals surface area contributed by atoms with Crippen LogP contribution in [0.3, 0.4) is 0 Å². The molecule has 1 aromatic heterocycles. The van der Waals surface area contributed by atoms with E-state index in [1.54, 1.807) is 12.1 Å². The summed E-state index contributed by atoms with van der Waals surface area (Å²) in [5.74, 6) is 0.287. The predicted molar refractivity (Wildman–Crippen MR) is 102 cm³/mol. The number of aliphatic hydroxyl groups is 3. The minimum atomic E-state index is -0.983. The van der Waals surface area contributed by atoms with Crippen LogP contribution in [0.5, 0.6) is 0 Å². The first-order valence-electron chi connectivity index (χ1n) is 9.10. The topological polar surface area (TPSA) is 90.5 Å². The zero-order valence-electron chi connectivity index (χ0n) is 14.3. The maximum atomic E-state index is 10.6. The van der Waals surface area contributed by atoms with Crippen molar-refractivity contribution in [1.29, 1.82) is 0 Å². The number of fused-ring (bicyclic) bond motifs is 1. The van der Waals surface area contributed by atoms with Gasteiger partial charge in [0.05, 0.1) is 33.2 Å². The van der Waals surface area contributed by atoms with Crippen molar-refractivity contribution >= 4 is 40.2 Å². The van der Waals surface area contributed by atoms with E-state index in [1.165, 1.54) is 12.8 Å². The number of halogens is 2. The standard InChI is InChI=1S/C18H23Cl2N3O3/c19-11-6-13-14(7-12(11)20)23(15-5-9(8-24)16(25)17(15)26)18(22-13)21-10-3-1-2-4-10/h6-7,9-10,15-17,24-26H,1-5,8H2,(H,21,22)/t9?,15-,16?,17?/m0/s1. The Labute approximate surface area is 161 Å². The molecule has 1 aromatic carbocycles. The molecule has 0 spiro atoms. The summed E-state index contributed by atoms with van der Waals surface area (Å²) in [6, 6.07) is 3.41. The molecule has 2 fully saturated rings. The predicted octanol–water partition coefficient (Wildman–Crippen LogP) is 2.97. The fourth-order valence-electron chi connectivity index (χ4n) is 4.32. The summed E-state index contributed by atoms with van der Waals surface area (Å²) < 4.78 is 1.92. The van der Waals surface area contributed by atoms with Gasteiger partial charge in [-0.25, -0.2) is 4.98 Å². The third-order valence-corrected chi connectivity index (χ3v) is 6.48. The Balaban J connectivity index is 1.80. The lowest BCUT2D eigenvalue weighted by atomic mass is 10.1. The van der Waals surface area contributed by atoms with E-state index in [4.69, 9.17) is 23.2 Å². The maximum absolute atomic E-state index is 10.6. The van der Waals surface area contributed by atoms with E-state index in [0.717, 1.165) is 18.4 Å². The number of rotatable bonds is 4. The van der Waals surface area contributed by atoms with Crippen LogP contribution in [-0.2, 0) is 0 Å². The summed E-state index contributed by atoms with van der Waals surface area (Å²) in [6.45, 7) is -0.167. The third-order valence-electron chi connectivity index (χ3n) is 5.76. The van der Waals surface area contributed by atoms with Crippen molar-refractivity contribution in [1.82, 2.24) is 9.55 Å². The van der Waals surface area contributed by atoms with Crippen molar-refractivity contribution in [3.8, 4) is 0 Å². The summed E-state index contributed by atoms with van der Waals surface area (Å²) in [6.07, 6.45) is 3.05. The molecule has 4 N–H and O–H groups in total. The van der Waals surface area contributed by atoms with Crippen LogP contribution in [0.15, 0.2) is 12.1 Å². The zero-order chi connectivity index (χ0) is 18.4. The number of aliphatic hydroxyl groups excluding tert-OH is 3. The van der Waals surface area contributed by atoms with E-state index in [2.05, 4.69) is 10.3 Å². The molecule has 2 aromatic rings. The Hall–Kier alpha value is -1.05. The first-order valence-corrected chi connectivity index (χ1v) is 9.85. The van der Waals surface area contributed by atoms with E-state index >= 15 is 0 Å². The van der Waals surface area contributed by atoms with Gasteiger partial charge in [0.15, 0.2) is 0 Å². The molecule has 142 valence electrons. The molecule has 0 bridgehead atoms. The second-order valence-corrected chi connectivity index (χ2v) is 8.23. The van der Waals surface area contributed by atoms with Gasteiger partial charge in [-0.05, 0) is 31.4 Å². The molecule has 8 heteroatoms. The number of nitrogens with one attached hydrogen (secondary N) is 1. The summed E-state index contributed by atoms with van der Waals surface area (Å²) in [5, 5.41) is 34.7. The van der Waals surface area contributed by atoms with Gasteiger partial charge < -0.3 is 25.2 Å². The van der Waals surface area contributed by atoms with Crippen LogP contribution in [0.25, 0.3) is 11.0 Å². The molecule has 2 saturated carbocycles. The van der Waals surface area contributed by atoms with Gasteiger partial charge in [0.25, 0.3) is 0 Å². The number of benzene rings is 1. The molecule has 4 atom stereocenters. The van der Waals surface area contributed by atoms with Crippen LogP contribution in [0.1, 0.15) is 38.1 Å². The fourth-order valence-corrected chi connectivity index (χ4v) is 4.63. The molecule has 6 nitrogen and oxygen atoms in total. The second-order valence-electron chi connectivity index (χ2n) is 7.41. The first kappa shape index (κ1) is 18.3. The third kappa shape index (κ3) is 3.08. The second kappa shape index (κ2) is 7.17. The Morgan fingerprint density at radius 3 is 2.46 bits per heavy atom. The van der Waals surface area contributed by atoms with E-state index in [9.17, 15) is 15.3 Å². The molecule has 2 aliphatic carbocycles. The molecular weight excluding hydrogens is 377 g/mol. The molecule has 26 heavy (non-hydrogen) atoms. The lowest BCUT2D eigenvalue weighted by Gasteiger charge is -2.23. The number of nitrogens with zero attached hydrogens (tertiary/aromatic N) is 2. The lowest BCUT2D eigenvalue weighted by molar-refractivity contribution is -0.00346. The molecule has 4 rings (SSSR count). The minimum Gasteiger partial charge on any atom is -0.396 e. The van der Waals surface area contributed by atoms with Crippen LogP contribution in [0.2, 0.25) is 10.0 Å². The Kier molecular flexibility index (Phi) is 5.05. The molecule has 0 saturated heterocycles. The van der Waals surface area contributed by atoms with Crippen molar-refractivity contribution in [2.75, 3.05) is 11.9 Å². The summed E-state index contributed by atoms with van der Waals surface area (Å²) in [5.41, 5.74) is 1.45. The smallest absolute Gasteiger partial charge is 0.204 e. The highest BCUT2D eigenvalue weighted by Crippen LogP contribution is 2.41. The van der Waals surface area contributed by atoms with E-state index < -0.39 is 18.2 Å². The SMILES string of the molecule is OCC1C[C@H](n2c(NC3CCCC3)nc3cc(Cl)c(Cl)cc32)C(O)C1O. The number of anilines is 1. The van der Waals surface area contributed by atoms with Crippen LogP contribution in [0.4, 0.5) is 5.95 Å². The van der Waals surface area contributed by atoms with Crippen LogP contribution < -0.4 is 5.32 Å². The number of hydrogen-bond donors (Lipinski definition) is 4. The Morgan fingerprint density at radius 2 is 1.81 bits per heavy atom. The number of aromatic nitrogens is 2. The molecule has 0 radical (unpaired) electrons.